The molecule has 1 atom stereocenters. The van der Waals surface area contributed by atoms with Crippen LogP contribution in [0.5, 0.6) is 5.75 Å². The number of aryl methyl sites for hydroxylation is 1. The Morgan fingerprint density at radius 2 is 1.98 bits per heavy atom. The number of benzene rings is 1. The number of methoxy groups -OCH3 is 1. The van der Waals surface area contributed by atoms with Gasteiger partial charge in [0.25, 0.3) is 5.89 Å². The molecule has 4 heterocycles. The van der Waals surface area contributed by atoms with E-state index in [9.17, 15) is 9.59 Å². The number of aromatic nitrogens is 5. The van der Waals surface area contributed by atoms with E-state index in [1.54, 1.807) is 13.3 Å². The number of oxazole rings is 1. The van der Waals surface area contributed by atoms with Gasteiger partial charge < -0.3 is 24.0 Å². The largest absolute Gasteiger partial charge is 0.496 e. The van der Waals surface area contributed by atoms with Crippen LogP contribution in [0, 0.1) is 6.92 Å². The molecule has 0 spiro atoms. The van der Waals surface area contributed by atoms with Crippen molar-refractivity contribution < 1.29 is 18.7 Å². The van der Waals surface area contributed by atoms with Crippen LogP contribution in [0.25, 0.3) is 22.2 Å². The summed E-state index contributed by atoms with van der Waals surface area (Å²) in [6.07, 6.45) is 11.7. The Balaban J connectivity index is 1.30. The second-order valence-corrected chi connectivity index (χ2v) is 9.72. The van der Waals surface area contributed by atoms with Gasteiger partial charge in [0.05, 0.1) is 36.8 Å². The molecule has 4 aromatic heterocycles. The molecule has 40 heavy (non-hydrogen) atoms. The average molecular weight is 541 g/mol. The maximum atomic E-state index is 12.9. The summed E-state index contributed by atoms with van der Waals surface area (Å²) >= 11 is 0. The molecule has 0 bridgehead atoms. The highest BCUT2D eigenvalue weighted by atomic mass is 16.5. The third-order valence-corrected chi connectivity index (χ3v) is 6.76. The monoisotopic (exact) mass is 540 g/mol. The first-order chi connectivity index (χ1) is 19.5. The predicted octanol–water partition coefficient (Wildman–Crippen LogP) is 5.42. The van der Waals surface area contributed by atoms with E-state index in [4.69, 9.17) is 9.15 Å². The molecule has 2 N–H and O–H groups in total. The Bertz CT molecular complexity index is 1570. The number of hydrogen-bond acceptors (Lipinski definition) is 7. The van der Waals surface area contributed by atoms with Crippen molar-refractivity contribution in [1.82, 2.24) is 29.8 Å². The van der Waals surface area contributed by atoms with Crippen molar-refractivity contribution in [3.63, 3.8) is 0 Å². The average Bonchev–Trinajstić information content (AvgIpc) is 3.74. The van der Waals surface area contributed by atoms with E-state index >= 15 is 0 Å². The van der Waals surface area contributed by atoms with Crippen molar-refractivity contribution in [3.8, 4) is 17.0 Å². The highest BCUT2D eigenvalue weighted by Gasteiger charge is 2.20. The SMILES string of the molecule is COc1cc2nc(C)ccc2cc1-c1cnc([C@H](CCCCCC(=O)c2ncco2)NC(=O)Cn2cccc2)[nH]1. The van der Waals surface area contributed by atoms with Crippen LogP contribution in [-0.4, -0.2) is 43.3 Å². The molecular weight excluding hydrogens is 508 g/mol. The van der Waals surface area contributed by atoms with E-state index < -0.39 is 0 Å². The van der Waals surface area contributed by atoms with E-state index in [-0.39, 0.29) is 30.2 Å². The Kier molecular flexibility index (Phi) is 8.34. The van der Waals surface area contributed by atoms with E-state index in [0.717, 1.165) is 40.7 Å². The number of nitrogens with zero attached hydrogens (tertiary/aromatic N) is 4. The fraction of sp³-hybridized carbons (Fsp3) is 0.300. The maximum absolute atomic E-state index is 12.9. The minimum absolute atomic E-state index is 0.105. The molecule has 0 saturated heterocycles. The number of ether oxygens (including phenoxy) is 1. The van der Waals surface area contributed by atoms with Gasteiger partial charge in [-0.1, -0.05) is 18.9 Å². The van der Waals surface area contributed by atoms with Crippen molar-refractivity contribution in [2.45, 2.75) is 51.6 Å². The summed E-state index contributed by atoms with van der Waals surface area (Å²) < 4.78 is 12.6. The van der Waals surface area contributed by atoms with Gasteiger partial charge in [-0.2, -0.15) is 0 Å². The fourth-order valence-electron chi connectivity index (χ4n) is 4.72. The number of imidazole rings is 1. The van der Waals surface area contributed by atoms with Crippen molar-refractivity contribution in [2.75, 3.05) is 7.11 Å². The second kappa shape index (κ2) is 12.4. The topological polar surface area (TPSA) is 128 Å². The molecule has 10 heteroatoms. The van der Waals surface area contributed by atoms with Crippen molar-refractivity contribution >= 4 is 22.6 Å². The number of H-pyrrole nitrogens is 1. The van der Waals surface area contributed by atoms with Crippen LogP contribution in [0.4, 0.5) is 0 Å². The van der Waals surface area contributed by atoms with Gasteiger partial charge in [0.15, 0.2) is 0 Å². The zero-order chi connectivity index (χ0) is 27.9. The van der Waals surface area contributed by atoms with Gasteiger partial charge in [0.1, 0.15) is 24.4 Å². The molecule has 0 aliphatic rings. The van der Waals surface area contributed by atoms with Crippen molar-refractivity contribution in [2.24, 2.45) is 0 Å². The molecule has 1 aromatic carbocycles. The molecule has 0 unspecified atom stereocenters. The quantitative estimate of drug-likeness (QED) is 0.151. The summed E-state index contributed by atoms with van der Waals surface area (Å²) in [5.41, 5.74) is 3.45. The van der Waals surface area contributed by atoms with Crippen molar-refractivity contribution in [1.29, 1.82) is 0 Å². The minimum Gasteiger partial charge on any atom is -0.496 e. The lowest BCUT2D eigenvalue weighted by atomic mass is 10.0. The number of ketones is 1. The third-order valence-electron chi connectivity index (χ3n) is 6.76. The Hall–Kier alpha value is -4.73. The molecule has 5 aromatic rings. The number of aromatic amines is 1. The van der Waals surface area contributed by atoms with Crippen LogP contribution in [0.3, 0.4) is 0 Å². The number of amides is 1. The molecule has 0 aliphatic carbocycles. The van der Waals surface area contributed by atoms with Crippen molar-refractivity contribution in [3.05, 3.63) is 84.9 Å². The molecular formula is C30H32N6O4. The van der Waals surface area contributed by atoms with Gasteiger partial charge in [0, 0.05) is 41.5 Å². The number of nitrogens with one attached hydrogen (secondary N) is 2. The van der Waals surface area contributed by atoms with E-state index in [0.29, 0.717) is 30.8 Å². The fourth-order valence-corrected chi connectivity index (χ4v) is 4.72. The number of rotatable bonds is 13. The van der Waals surface area contributed by atoms with Gasteiger partial charge in [-0.15, -0.1) is 0 Å². The molecule has 0 aliphatic heterocycles. The highest BCUT2D eigenvalue weighted by molar-refractivity contribution is 5.91. The Labute approximate surface area is 231 Å². The van der Waals surface area contributed by atoms with Crippen LogP contribution >= 0.6 is 0 Å². The lowest BCUT2D eigenvalue weighted by Gasteiger charge is -2.17. The molecule has 10 nitrogen and oxygen atoms in total. The van der Waals surface area contributed by atoms with E-state index in [2.05, 4.69) is 25.3 Å². The predicted molar refractivity (Wildman–Crippen MR) is 150 cm³/mol. The van der Waals surface area contributed by atoms with Crippen LogP contribution in [0.15, 0.2) is 71.9 Å². The van der Waals surface area contributed by atoms with Crippen LogP contribution in [0.2, 0.25) is 0 Å². The first-order valence-electron chi connectivity index (χ1n) is 13.3. The Morgan fingerprint density at radius 1 is 1.12 bits per heavy atom. The smallest absolute Gasteiger partial charge is 0.263 e. The number of Topliss-reactive ketones (excluding diaryl/α,β-unsaturated/α-hetero) is 1. The number of pyridine rings is 1. The number of hydrogen-bond donors (Lipinski definition) is 2. The Morgan fingerprint density at radius 3 is 2.75 bits per heavy atom. The summed E-state index contributed by atoms with van der Waals surface area (Å²) in [5.74, 6) is 1.28. The van der Waals surface area contributed by atoms with E-state index in [1.807, 2.05) is 60.3 Å². The summed E-state index contributed by atoms with van der Waals surface area (Å²) in [4.78, 5) is 41.6. The first kappa shape index (κ1) is 26.9. The number of unbranched alkanes of at least 4 members (excludes halogenated alkanes) is 2. The lowest BCUT2D eigenvalue weighted by Crippen LogP contribution is -2.32. The summed E-state index contributed by atoms with van der Waals surface area (Å²) in [6, 6.07) is 11.4. The molecule has 0 saturated carbocycles. The number of fused-ring (bicyclic) bond motifs is 1. The second-order valence-electron chi connectivity index (χ2n) is 9.72. The summed E-state index contributed by atoms with van der Waals surface area (Å²) in [6.45, 7) is 2.17. The molecule has 0 fully saturated rings. The molecule has 5 rings (SSSR count). The van der Waals surface area contributed by atoms with Crippen LogP contribution in [-0.2, 0) is 11.3 Å². The van der Waals surface area contributed by atoms with Gasteiger partial charge in [0.2, 0.25) is 11.7 Å². The van der Waals surface area contributed by atoms with Gasteiger partial charge in [-0.05, 0) is 44.0 Å². The molecule has 206 valence electrons. The third kappa shape index (κ3) is 6.45. The standard InChI is InChI=1S/C30H32N6O4/c1-20-10-11-21-16-22(27(39-2)17-24(21)33-20)25-18-32-29(35-25)23(34-28(38)19-36-13-6-7-14-36)8-4-3-5-9-26(37)30-31-12-15-40-30/h6-7,10-18,23H,3-5,8-9,19H2,1-2H3,(H,32,35)(H,34,38)/t23-/m0/s1. The number of carbonyl (C=O) groups excluding carboxylic acids is 2. The minimum atomic E-state index is -0.324. The molecule has 1 amide bonds. The van der Waals surface area contributed by atoms with Gasteiger partial charge >= 0.3 is 0 Å². The zero-order valence-corrected chi connectivity index (χ0v) is 22.6. The summed E-state index contributed by atoms with van der Waals surface area (Å²) in [5, 5.41) is 4.13. The van der Waals surface area contributed by atoms with Crippen LogP contribution in [0.1, 0.15) is 60.3 Å². The first-order valence-corrected chi connectivity index (χ1v) is 13.3. The lowest BCUT2D eigenvalue weighted by molar-refractivity contribution is -0.122. The molecule has 0 radical (unpaired) electrons. The van der Waals surface area contributed by atoms with Gasteiger partial charge in [-0.25, -0.2) is 9.97 Å². The summed E-state index contributed by atoms with van der Waals surface area (Å²) in [7, 11) is 1.63. The van der Waals surface area contributed by atoms with Gasteiger partial charge in [-0.3, -0.25) is 14.6 Å². The van der Waals surface area contributed by atoms with E-state index in [1.165, 1.54) is 12.5 Å². The normalized spacial score (nSPS) is 11.9. The zero-order valence-electron chi connectivity index (χ0n) is 22.6. The van der Waals surface area contributed by atoms with Crippen LogP contribution < -0.4 is 10.1 Å². The highest BCUT2D eigenvalue weighted by Crippen LogP contribution is 2.33. The maximum Gasteiger partial charge on any atom is 0.263 e. The number of carbonyl (C=O) groups is 2.